The van der Waals surface area contributed by atoms with Crippen LogP contribution in [0.3, 0.4) is 0 Å². The topological polar surface area (TPSA) is 92.5 Å². The molecule has 0 amide bonds. The number of nitrogens with one attached hydrogen (secondary N) is 2. The molecule has 0 saturated heterocycles. The lowest BCUT2D eigenvalue weighted by Crippen LogP contribution is -2.00. The quantitative estimate of drug-likeness (QED) is 0.652. The van der Waals surface area contributed by atoms with E-state index in [-0.39, 0.29) is 5.95 Å². The first-order chi connectivity index (χ1) is 6.74. The standard InChI is InChI=1S/C8H10N6/c1-5-2-7(14-8(9)12-5)13-6-3-10-11-4-6/h2-4H,1H3,(H,10,11)(H3,9,12,13,14). The summed E-state index contributed by atoms with van der Waals surface area (Å²) in [6, 6.07) is 1.81. The molecule has 2 aromatic rings. The monoisotopic (exact) mass is 190 g/mol. The molecule has 4 N–H and O–H groups in total. The van der Waals surface area contributed by atoms with Gasteiger partial charge >= 0.3 is 0 Å². The average molecular weight is 190 g/mol. The normalized spacial score (nSPS) is 10.1. The first-order valence-corrected chi connectivity index (χ1v) is 4.11. The molecule has 0 saturated carbocycles. The van der Waals surface area contributed by atoms with Gasteiger partial charge in [0.05, 0.1) is 11.9 Å². The van der Waals surface area contributed by atoms with E-state index in [0.717, 1.165) is 11.4 Å². The molecule has 2 rings (SSSR count). The highest BCUT2D eigenvalue weighted by atomic mass is 15.1. The summed E-state index contributed by atoms with van der Waals surface area (Å²) in [4.78, 5) is 7.99. The average Bonchev–Trinajstić information content (AvgIpc) is 2.54. The molecule has 0 aliphatic rings. The summed E-state index contributed by atoms with van der Waals surface area (Å²) in [5.41, 5.74) is 7.16. The second-order valence-electron chi connectivity index (χ2n) is 2.86. The molecule has 6 nitrogen and oxygen atoms in total. The van der Waals surface area contributed by atoms with Crippen molar-refractivity contribution in [2.24, 2.45) is 0 Å². The van der Waals surface area contributed by atoms with Gasteiger partial charge in [-0.3, -0.25) is 5.10 Å². The van der Waals surface area contributed by atoms with Gasteiger partial charge in [-0.2, -0.15) is 10.1 Å². The van der Waals surface area contributed by atoms with E-state index in [0.29, 0.717) is 5.82 Å². The zero-order valence-electron chi connectivity index (χ0n) is 7.65. The predicted octanol–water partition coefficient (Wildman–Crippen LogP) is 0.834. The van der Waals surface area contributed by atoms with Crippen molar-refractivity contribution < 1.29 is 0 Å². The van der Waals surface area contributed by atoms with Crippen LogP contribution in [0.15, 0.2) is 18.5 Å². The van der Waals surface area contributed by atoms with E-state index in [1.54, 1.807) is 12.4 Å². The van der Waals surface area contributed by atoms with Crippen LogP contribution in [0.5, 0.6) is 0 Å². The molecule has 0 spiro atoms. The second-order valence-corrected chi connectivity index (χ2v) is 2.86. The van der Waals surface area contributed by atoms with Crippen LogP contribution in [0.2, 0.25) is 0 Å². The van der Waals surface area contributed by atoms with Gasteiger partial charge in [0, 0.05) is 18.0 Å². The van der Waals surface area contributed by atoms with Gasteiger partial charge in [-0.15, -0.1) is 0 Å². The lowest BCUT2D eigenvalue weighted by Gasteiger charge is -2.03. The highest BCUT2D eigenvalue weighted by molar-refractivity contribution is 5.55. The van der Waals surface area contributed by atoms with Crippen molar-refractivity contribution in [2.75, 3.05) is 11.1 Å². The number of hydrogen-bond acceptors (Lipinski definition) is 5. The van der Waals surface area contributed by atoms with Crippen LogP contribution in [-0.2, 0) is 0 Å². The summed E-state index contributed by atoms with van der Waals surface area (Å²) < 4.78 is 0. The van der Waals surface area contributed by atoms with E-state index in [1.807, 2.05) is 13.0 Å². The molecule has 0 aromatic carbocycles. The molecular weight excluding hydrogens is 180 g/mol. The fourth-order valence-electron chi connectivity index (χ4n) is 1.12. The number of aromatic nitrogens is 4. The van der Waals surface area contributed by atoms with Gasteiger partial charge in [0.1, 0.15) is 5.82 Å². The number of nitrogens with two attached hydrogens (primary N) is 1. The number of H-pyrrole nitrogens is 1. The van der Waals surface area contributed by atoms with Crippen LogP contribution < -0.4 is 11.1 Å². The maximum Gasteiger partial charge on any atom is 0.222 e. The predicted molar refractivity (Wildman–Crippen MR) is 53.1 cm³/mol. The fraction of sp³-hybridized carbons (Fsp3) is 0.125. The SMILES string of the molecule is Cc1cc(Nc2cn[nH]c2)nc(N)n1. The lowest BCUT2D eigenvalue weighted by molar-refractivity contribution is 1.09. The molecule has 0 radical (unpaired) electrons. The minimum absolute atomic E-state index is 0.260. The van der Waals surface area contributed by atoms with E-state index in [1.165, 1.54) is 0 Å². The summed E-state index contributed by atoms with van der Waals surface area (Å²) in [7, 11) is 0. The Bertz CT molecular complexity index is 401. The van der Waals surface area contributed by atoms with Crippen LogP contribution in [-0.4, -0.2) is 20.2 Å². The summed E-state index contributed by atoms with van der Waals surface area (Å²) >= 11 is 0. The summed E-state index contributed by atoms with van der Waals surface area (Å²) in [6.45, 7) is 1.86. The van der Waals surface area contributed by atoms with Crippen LogP contribution in [0.25, 0.3) is 0 Å². The smallest absolute Gasteiger partial charge is 0.222 e. The number of rotatable bonds is 2. The first kappa shape index (κ1) is 8.49. The molecule has 0 aliphatic heterocycles. The maximum absolute atomic E-state index is 5.50. The Kier molecular flexibility index (Phi) is 2.02. The minimum Gasteiger partial charge on any atom is -0.368 e. The third kappa shape index (κ3) is 1.79. The number of aryl methyl sites for hydroxylation is 1. The van der Waals surface area contributed by atoms with E-state index < -0.39 is 0 Å². The molecular formula is C8H10N6. The van der Waals surface area contributed by atoms with Crippen molar-refractivity contribution >= 4 is 17.5 Å². The Morgan fingerprint density at radius 3 is 2.93 bits per heavy atom. The van der Waals surface area contributed by atoms with E-state index in [4.69, 9.17) is 5.73 Å². The van der Waals surface area contributed by atoms with Crippen LogP contribution in [0, 0.1) is 6.92 Å². The summed E-state index contributed by atoms with van der Waals surface area (Å²) in [5, 5.41) is 9.53. The molecule has 6 heteroatoms. The highest BCUT2D eigenvalue weighted by Gasteiger charge is 1.99. The van der Waals surface area contributed by atoms with Crippen molar-refractivity contribution in [2.45, 2.75) is 6.92 Å². The Balaban J connectivity index is 2.25. The van der Waals surface area contributed by atoms with Gasteiger partial charge in [-0.05, 0) is 6.92 Å². The highest BCUT2D eigenvalue weighted by Crippen LogP contribution is 2.13. The molecule has 0 fully saturated rings. The Morgan fingerprint density at radius 1 is 1.43 bits per heavy atom. The van der Waals surface area contributed by atoms with Crippen molar-refractivity contribution in [3.05, 3.63) is 24.2 Å². The van der Waals surface area contributed by atoms with Crippen molar-refractivity contribution in [1.29, 1.82) is 0 Å². The zero-order chi connectivity index (χ0) is 9.97. The molecule has 0 bridgehead atoms. The van der Waals surface area contributed by atoms with E-state index >= 15 is 0 Å². The molecule has 0 atom stereocenters. The number of nitrogen functional groups attached to an aromatic ring is 1. The molecule has 72 valence electrons. The van der Waals surface area contributed by atoms with E-state index in [2.05, 4.69) is 25.5 Å². The maximum atomic E-state index is 5.50. The largest absolute Gasteiger partial charge is 0.368 e. The van der Waals surface area contributed by atoms with Crippen molar-refractivity contribution in [3.8, 4) is 0 Å². The molecule has 2 heterocycles. The third-order valence-corrected chi connectivity index (χ3v) is 1.64. The molecule has 2 aromatic heterocycles. The first-order valence-electron chi connectivity index (χ1n) is 4.11. The Hall–Kier alpha value is -2.11. The third-order valence-electron chi connectivity index (χ3n) is 1.64. The van der Waals surface area contributed by atoms with Gasteiger partial charge < -0.3 is 11.1 Å². The van der Waals surface area contributed by atoms with E-state index in [9.17, 15) is 0 Å². The molecule has 0 aliphatic carbocycles. The number of hydrogen-bond donors (Lipinski definition) is 3. The van der Waals surface area contributed by atoms with Crippen LogP contribution in [0.1, 0.15) is 5.69 Å². The van der Waals surface area contributed by atoms with Gasteiger partial charge in [0.15, 0.2) is 0 Å². The second kappa shape index (κ2) is 3.33. The summed E-state index contributed by atoms with van der Waals surface area (Å²) in [5.74, 6) is 0.924. The Labute approximate surface area is 80.6 Å². The lowest BCUT2D eigenvalue weighted by atomic mass is 10.4. The number of nitrogens with zero attached hydrogens (tertiary/aromatic N) is 3. The molecule has 0 unspecified atom stereocenters. The minimum atomic E-state index is 0.260. The summed E-state index contributed by atoms with van der Waals surface area (Å²) in [6.07, 6.45) is 3.39. The van der Waals surface area contributed by atoms with Crippen molar-refractivity contribution in [1.82, 2.24) is 20.2 Å². The zero-order valence-corrected chi connectivity index (χ0v) is 7.65. The van der Waals surface area contributed by atoms with Gasteiger partial charge in [0.25, 0.3) is 0 Å². The number of aromatic amines is 1. The van der Waals surface area contributed by atoms with Crippen molar-refractivity contribution in [3.63, 3.8) is 0 Å². The Morgan fingerprint density at radius 2 is 2.29 bits per heavy atom. The van der Waals surface area contributed by atoms with Gasteiger partial charge in [0.2, 0.25) is 5.95 Å². The van der Waals surface area contributed by atoms with Crippen LogP contribution in [0.4, 0.5) is 17.5 Å². The van der Waals surface area contributed by atoms with Gasteiger partial charge in [-0.1, -0.05) is 0 Å². The fourth-order valence-corrected chi connectivity index (χ4v) is 1.12. The number of anilines is 3. The molecule has 14 heavy (non-hydrogen) atoms. The van der Waals surface area contributed by atoms with Gasteiger partial charge in [-0.25, -0.2) is 4.98 Å². The van der Waals surface area contributed by atoms with Crippen LogP contribution >= 0.6 is 0 Å².